The van der Waals surface area contributed by atoms with E-state index in [4.69, 9.17) is 30.4 Å². The van der Waals surface area contributed by atoms with Gasteiger partial charge in [0.2, 0.25) is 19.5 Å². The van der Waals surface area contributed by atoms with Crippen LogP contribution in [0.1, 0.15) is 17.0 Å². The first-order valence-electron chi connectivity index (χ1n) is 10.4. The number of nitriles is 1. The minimum Gasteiger partial charge on any atom is -0.454 e. The fourth-order valence-corrected chi connectivity index (χ4v) is 5.55. The Bertz CT molecular complexity index is 1690. The lowest BCUT2D eigenvalue weighted by Crippen LogP contribution is -2.41. The van der Waals surface area contributed by atoms with Crippen LogP contribution in [-0.4, -0.2) is 24.1 Å². The van der Waals surface area contributed by atoms with Crippen molar-refractivity contribution in [3.63, 3.8) is 0 Å². The number of carbonyl (C=O) groups excluding carboxylic acids is 1. The van der Waals surface area contributed by atoms with E-state index in [1.165, 1.54) is 4.57 Å². The molecule has 0 radical (unpaired) electrons. The van der Waals surface area contributed by atoms with Crippen LogP contribution in [0.15, 0.2) is 46.8 Å². The lowest BCUT2D eigenvalue weighted by Gasteiger charge is -2.24. The largest absolute Gasteiger partial charge is 0.454 e. The molecule has 4 heterocycles. The highest BCUT2D eigenvalue weighted by Crippen LogP contribution is 2.41. The number of carbonyl (C=O) groups is 1. The SMILES string of the molecule is N#CC1=C(N)n2c(s/c(=C/c3ccc4c(c3)OCO4)c2=O)=C(C(N)=O)C1c1ccc2c(c1)OCO2. The number of primary amides is 1. The van der Waals surface area contributed by atoms with Crippen molar-refractivity contribution >= 4 is 34.7 Å². The second-order valence-corrected chi connectivity index (χ2v) is 8.93. The van der Waals surface area contributed by atoms with E-state index < -0.39 is 17.4 Å². The Kier molecular flexibility index (Phi) is 4.58. The number of rotatable bonds is 3. The fourth-order valence-electron chi connectivity index (χ4n) is 4.37. The van der Waals surface area contributed by atoms with Gasteiger partial charge in [-0.2, -0.15) is 5.26 Å². The average Bonchev–Trinajstić information content (AvgIpc) is 3.57. The number of amides is 1. The summed E-state index contributed by atoms with van der Waals surface area (Å²) < 4.78 is 23.3. The first-order valence-corrected chi connectivity index (χ1v) is 11.2. The highest BCUT2D eigenvalue weighted by Gasteiger charge is 2.35. The van der Waals surface area contributed by atoms with Crippen LogP contribution in [-0.2, 0) is 4.79 Å². The van der Waals surface area contributed by atoms with Gasteiger partial charge in [-0.15, -0.1) is 11.3 Å². The Balaban J connectivity index is 1.60. The van der Waals surface area contributed by atoms with E-state index in [-0.39, 0.29) is 35.2 Å². The summed E-state index contributed by atoms with van der Waals surface area (Å²) in [6.07, 6.45) is 1.66. The van der Waals surface area contributed by atoms with Crippen molar-refractivity contribution < 1.29 is 23.7 Å². The number of hydrogen-bond donors (Lipinski definition) is 2. The quantitative estimate of drug-likeness (QED) is 0.533. The van der Waals surface area contributed by atoms with Crippen molar-refractivity contribution in [1.82, 2.24) is 4.57 Å². The molecule has 174 valence electrons. The van der Waals surface area contributed by atoms with Crippen molar-refractivity contribution in [2.75, 3.05) is 13.6 Å². The number of fused-ring (bicyclic) bond motifs is 3. The molecule has 1 amide bonds. The molecule has 0 spiro atoms. The minimum absolute atomic E-state index is 0.0414. The van der Waals surface area contributed by atoms with Crippen LogP contribution >= 0.6 is 11.3 Å². The Labute approximate surface area is 201 Å². The molecular weight excluding hydrogens is 472 g/mol. The number of ether oxygens (including phenoxy) is 4. The van der Waals surface area contributed by atoms with Crippen LogP contribution in [0.5, 0.6) is 23.0 Å². The van der Waals surface area contributed by atoms with Crippen LogP contribution in [0.4, 0.5) is 0 Å². The van der Waals surface area contributed by atoms with Crippen molar-refractivity contribution in [2.24, 2.45) is 11.5 Å². The normalized spacial score (nSPS) is 18.0. The Morgan fingerprint density at radius 2 is 1.71 bits per heavy atom. The zero-order valence-electron chi connectivity index (χ0n) is 17.9. The number of nitrogens with zero attached hydrogens (tertiary/aromatic N) is 2. The number of nitrogens with two attached hydrogens (primary N) is 2. The molecular formula is C24H16N4O6S. The van der Waals surface area contributed by atoms with Crippen molar-refractivity contribution in [3.8, 4) is 29.1 Å². The molecule has 6 rings (SSSR count). The molecule has 0 bridgehead atoms. The van der Waals surface area contributed by atoms with Gasteiger partial charge in [0, 0.05) is 0 Å². The third-order valence-corrected chi connectivity index (χ3v) is 7.07. The maximum atomic E-state index is 13.3. The van der Waals surface area contributed by atoms with E-state index in [9.17, 15) is 14.9 Å². The van der Waals surface area contributed by atoms with E-state index in [1.54, 1.807) is 42.5 Å². The van der Waals surface area contributed by atoms with Crippen LogP contribution in [0, 0.1) is 11.3 Å². The maximum absolute atomic E-state index is 13.3. The van der Waals surface area contributed by atoms with Gasteiger partial charge in [-0.25, -0.2) is 0 Å². The molecule has 0 fully saturated rings. The third kappa shape index (κ3) is 3.15. The highest BCUT2D eigenvalue weighted by molar-refractivity contribution is 7.07. The lowest BCUT2D eigenvalue weighted by atomic mass is 9.83. The van der Waals surface area contributed by atoms with Gasteiger partial charge in [-0.1, -0.05) is 12.1 Å². The van der Waals surface area contributed by atoms with Gasteiger partial charge < -0.3 is 30.4 Å². The Hall–Kier alpha value is -4.69. The summed E-state index contributed by atoms with van der Waals surface area (Å²) in [5.74, 6) is 0.523. The molecule has 4 N–H and O–H groups in total. The third-order valence-electron chi connectivity index (χ3n) is 5.96. The summed E-state index contributed by atoms with van der Waals surface area (Å²) in [5.41, 5.74) is 13.1. The van der Waals surface area contributed by atoms with Gasteiger partial charge in [0.05, 0.1) is 27.7 Å². The van der Waals surface area contributed by atoms with E-state index in [0.29, 0.717) is 38.7 Å². The number of hydrogen-bond acceptors (Lipinski definition) is 9. The summed E-state index contributed by atoms with van der Waals surface area (Å²) in [7, 11) is 0. The predicted octanol–water partition coefficient (Wildman–Crippen LogP) is 0.280. The van der Waals surface area contributed by atoms with Crippen LogP contribution in [0.2, 0.25) is 0 Å². The van der Waals surface area contributed by atoms with E-state index in [2.05, 4.69) is 6.07 Å². The van der Waals surface area contributed by atoms with Crippen molar-refractivity contribution in [3.05, 3.63) is 72.6 Å². The predicted molar refractivity (Wildman–Crippen MR) is 125 cm³/mol. The summed E-state index contributed by atoms with van der Waals surface area (Å²) in [4.78, 5) is 26.1. The van der Waals surface area contributed by atoms with Gasteiger partial charge >= 0.3 is 0 Å². The molecule has 0 saturated heterocycles. The smallest absolute Gasteiger partial charge is 0.274 e. The summed E-state index contributed by atoms with van der Waals surface area (Å²) >= 11 is 1.07. The molecule has 3 aliphatic heterocycles. The van der Waals surface area contributed by atoms with Gasteiger partial charge in [-0.05, 0) is 41.5 Å². The maximum Gasteiger partial charge on any atom is 0.274 e. The molecule has 2 aromatic carbocycles. The van der Waals surface area contributed by atoms with Gasteiger partial charge in [0.1, 0.15) is 10.5 Å². The Morgan fingerprint density at radius 3 is 2.40 bits per heavy atom. The van der Waals surface area contributed by atoms with Crippen LogP contribution < -0.4 is 45.2 Å². The molecule has 0 aliphatic carbocycles. The second kappa shape index (κ2) is 7.68. The molecule has 35 heavy (non-hydrogen) atoms. The first kappa shape index (κ1) is 20.9. The van der Waals surface area contributed by atoms with Crippen LogP contribution in [0.25, 0.3) is 17.5 Å². The molecule has 1 aromatic heterocycles. The molecule has 11 heteroatoms. The zero-order chi connectivity index (χ0) is 24.3. The lowest BCUT2D eigenvalue weighted by molar-refractivity contribution is -0.113. The number of benzene rings is 2. The van der Waals surface area contributed by atoms with Crippen molar-refractivity contribution in [2.45, 2.75) is 5.92 Å². The summed E-state index contributed by atoms with van der Waals surface area (Å²) in [5, 5.41) is 9.98. The highest BCUT2D eigenvalue weighted by atomic mass is 32.1. The molecule has 1 unspecified atom stereocenters. The van der Waals surface area contributed by atoms with Crippen LogP contribution in [0.3, 0.4) is 0 Å². The van der Waals surface area contributed by atoms with E-state index in [1.807, 2.05) is 0 Å². The van der Waals surface area contributed by atoms with E-state index >= 15 is 0 Å². The molecule has 10 nitrogen and oxygen atoms in total. The fraction of sp³-hybridized carbons (Fsp3) is 0.125. The topological polar surface area (TPSA) is 152 Å². The average molecular weight is 488 g/mol. The first-order chi connectivity index (χ1) is 17.0. The standard InChI is InChI=1S/C24H16N4O6S/c25-8-13-19(12-2-4-15-17(7-12)34-10-32-15)20(22(27)29)24-28(21(13)26)23(30)18(35-24)6-11-1-3-14-16(5-11)33-9-31-14/h1-7,19H,9-10,26H2,(H2,27,29)/b18-6+. The number of allylic oxidation sites excluding steroid dienone is 1. The number of aromatic nitrogens is 1. The number of thiazole rings is 1. The Morgan fingerprint density at radius 1 is 1.06 bits per heavy atom. The van der Waals surface area contributed by atoms with E-state index in [0.717, 1.165) is 11.3 Å². The molecule has 3 aliphatic rings. The van der Waals surface area contributed by atoms with Gasteiger partial charge in [0.15, 0.2) is 23.0 Å². The minimum atomic E-state index is -0.872. The zero-order valence-corrected chi connectivity index (χ0v) is 18.8. The van der Waals surface area contributed by atoms with Crippen molar-refractivity contribution in [1.29, 1.82) is 5.26 Å². The summed E-state index contributed by atoms with van der Waals surface area (Å²) in [6, 6.07) is 12.4. The van der Waals surface area contributed by atoms with Gasteiger partial charge in [-0.3, -0.25) is 14.2 Å². The molecule has 3 aromatic rings. The molecule has 1 atom stereocenters. The summed E-state index contributed by atoms with van der Waals surface area (Å²) in [6.45, 7) is 0.202. The second-order valence-electron chi connectivity index (χ2n) is 7.90. The monoisotopic (exact) mass is 488 g/mol. The van der Waals surface area contributed by atoms with Gasteiger partial charge in [0.25, 0.3) is 5.56 Å². The molecule has 0 saturated carbocycles.